The van der Waals surface area contributed by atoms with Crippen molar-refractivity contribution in [1.29, 1.82) is 0 Å². The first kappa shape index (κ1) is 16.5. The molecule has 2 amide bonds. The van der Waals surface area contributed by atoms with Crippen LogP contribution in [-0.2, 0) is 14.3 Å². The summed E-state index contributed by atoms with van der Waals surface area (Å²) in [5.74, 6) is -0.639. The standard InChI is InChI=1S/C19H23FN2O3/c20-14-5-3-12(4-6-14)18(16-2-1-9-25-16)21-19(24)13-10-17(23)22(11-13)15-7-8-15/h3-6,13,15-16,18H,1-2,7-11H2,(H,21,24)/t13-,16-,18+/m0/s1. The van der Waals surface area contributed by atoms with Crippen LogP contribution in [0.1, 0.15) is 43.7 Å². The van der Waals surface area contributed by atoms with Crippen molar-refractivity contribution in [2.75, 3.05) is 13.2 Å². The van der Waals surface area contributed by atoms with Crippen LogP contribution in [0.5, 0.6) is 0 Å². The summed E-state index contributed by atoms with van der Waals surface area (Å²) < 4.78 is 19.0. The zero-order valence-electron chi connectivity index (χ0n) is 14.1. The van der Waals surface area contributed by atoms with Crippen molar-refractivity contribution >= 4 is 11.8 Å². The fourth-order valence-corrected chi connectivity index (χ4v) is 3.84. The van der Waals surface area contributed by atoms with Gasteiger partial charge in [0.25, 0.3) is 0 Å². The van der Waals surface area contributed by atoms with Crippen molar-refractivity contribution < 1.29 is 18.7 Å². The fraction of sp³-hybridized carbons (Fsp3) is 0.579. The number of amides is 2. The van der Waals surface area contributed by atoms with Crippen molar-refractivity contribution in [2.45, 2.75) is 50.3 Å². The predicted octanol–water partition coefficient (Wildman–Crippen LogP) is 2.17. The van der Waals surface area contributed by atoms with Crippen LogP contribution in [0.25, 0.3) is 0 Å². The molecule has 5 nitrogen and oxygen atoms in total. The van der Waals surface area contributed by atoms with E-state index >= 15 is 0 Å². The summed E-state index contributed by atoms with van der Waals surface area (Å²) in [7, 11) is 0. The number of nitrogens with zero attached hydrogens (tertiary/aromatic N) is 1. The third-order valence-corrected chi connectivity index (χ3v) is 5.38. The topological polar surface area (TPSA) is 58.6 Å². The Kier molecular flexibility index (Phi) is 4.46. The predicted molar refractivity (Wildman–Crippen MR) is 89.1 cm³/mol. The molecule has 1 aromatic rings. The van der Waals surface area contributed by atoms with Gasteiger partial charge < -0.3 is 15.0 Å². The van der Waals surface area contributed by atoms with Crippen LogP contribution < -0.4 is 5.32 Å². The van der Waals surface area contributed by atoms with Crippen LogP contribution >= 0.6 is 0 Å². The molecule has 2 heterocycles. The second-order valence-corrected chi connectivity index (χ2v) is 7.27. The van der Waals surface area contributed by atoms with Gasteiger partial charge in [-0.25, -0.2) is 4.39 Å². The quantitative estimate of drug-likeness (QED) is 0.889. The number of carbonyl (C=O) groups is 2. The molecule has 4 rings (SSSR count). The van der Waals surface area contributed by atoms with Crippen molar-refractivity contribution in [1.82, 2.24) is 10.2 Å². The maximum atomic E-state index is 13.2. The van der Waals surface area contributed by atoms with Crippen molar-refractivity contribution in [3.05, 3.63) is 35.6 Å². The molecule has 6 heteroatoms. The molecule has 1 aliphatic carbocycles. The molecule has 1 N–H and O–H groups in total. The molecule has 0 aromatic heterocycles. The number of likely N-dealkylation sites (tertiary alicyclic amines) is 1. The fourth-order valence-electron chi connectivity index (χ4n) is 3.84. The van der Waals surface area contributed by atoms with Gasteiger partial charge in [0.1, 0.15) is 5.82 Å². The molecule has 3 aliphatic rings. The molecule has 25 heavy (non-hydrogen) atoms. The highest BCUT2D eigenvalue weighted by Crippen LogP contribution is 2.33. The van der Waals surface area contributed by atoms with Crippen molar-refractivity contribution in [3.8, 4) is 0 Å². The summed E-state index contributed by atoms with van der Waals surface area (Å²) >= 11 is 0. The number of ether oxygens (including phenoxy) is 1. The Labute approximate surface area is 146 Å². The SMILES string of the molecule is O=C(N[C@H](c1ccc(F)cc1)[C@@H]1CCCO1)[C@H]1CC(=O)N(C2CC2)C1. The molecule has 0 bridgehead atoms. The normalized spacial score (nSPS) is 27.6. The molecule has 3 atom stereocenters. The van der Waals surface area contributed by atoms with Gasteiger partial charge in [0.15, 0.2) is 0 Å². The van der Waals surface area contributed by atoms with Crippen molar-refractivity contribution in [2.24, 2.45) is 5.92 Å². The molecular weight excluding hydrogens is 323 g/mol. The van der Waals surface area contributed by atoms with Crippen LogP contribution in [0.2, 0.25) is 0 Å². The number of benzene rings is 1. The molecule has 0 unspecified atom stereocenters. The van der Waals surface area contributed by atoms with Crippen molar-refractivity contribution in [3.63, 3.8) is 0 Å². The first-order valence-corrected chi connectivity index (χ1v) is 9.09. The van der Waals surface area contributed by atoms with Crippen LogP contribution in [-0.4, -0.2) is 42.0 Å². The van der Waals surface area contributed by atoms with Gasteiger partial charge in [-0.3, -0.25) is 9.59 Å². The number of nitrogens with one attached hydrogen (secondary N) is 1. The molecule has 1 aromatic carbocycles. The first-order valence-electron chi connectivity index (χ1n) is 9.09. The third-order valence-electron chi connectivity index (χ3n) is 5.38. The van der Waals surface area contributed by atoms with Gasteiger partial charge >= 0.3 is 0 Å². The lowest BCUT2D eigenvalue weighted by Crippen LogP contribution is -2.40. The van der Waals surface area contributed by atoms with E-state index in [9.17, 15) is 14.0 Å². The van der Waals surface area contributed by atoms with Gasteiger partial charge in [0.2, 0.25) is 11.8 Å². The zero-order chi connectivity index (χ0) is 17.4. The maximum Gasteiger partial charge on any atom is 0.225 e. The number of carbonyl (C=O) groups excluding carboxylic acids is 2. The number of hydrogen-bond acceptors (Lipinski definition) is 3. The Balaban J connectivity index is 1.47. The van der Waals surface area contributed by atoms with E-state index < -0.39 is 0 Å². The van der Waals surface area contributed by atoms with E-state index in [4.69, 9.17) is 4.74 Å². The zero-order valence-corrected chi connectivity index (χ0v) is 14.1. The average Bonchev–Trinajstić information content (AvgIpc) is 3.15. The third kappa shape index (κ3) is 3.54. The second-order valence-electron chi connectivity index (χ2n) is 7.27. The van der Waals surface area contributed by atoms with Crippen LogP contribution in [0.3, 0.4) is 0 Å². The Morgan fingerprint density at radius 3 is 2.64 bits per heavy atom. The summed E-state index contributed by atoms with van der Waals surface area (Å²) in [5.41, 5.74) is 0.838. The smallest absolute Gasteiger partial charge is 0.225 e. The number of halogens is 1. The summed E-state index contributed by atoms with van der Waals surface area (Å²) in [6, 6.07) is 6.22. The Hall–Kier alpha value is -1.95. The van der Waals surface area contributed by atoms with Crippen LogP contribution in [0, 0.1) is 11.7 Å². The summed E-state index contributed by atoms with van der Waals surface area (Å²) in [4.78, 5) is 26.7. The van der Waals surface area contributed by atoms with E-state index in [0.717, 1.165) is 31.2 Å². The van der Waals surface area contributed by atoms with Crippen LogP contribution in [0.4, 0.5) is 4.39 Å². The molecule has 0 spiro atoms. The van der Waals surface area contributed by atoms with Gasteiger partial charge in [-0.2, -0.15) is 0 Å². The Bertz CT molecular complexity index is 653. The molecule has 2 aliphatic heterocycles. The average molecular weight is 346 g/mol. The highest BCUT2D eigenvalue weighted by Gasteiger charge is 2.42. The molecular formula is C19H23FN2O3. The Morgan fingerprint density at radius 2 is 2.00 bits per heavy atom. The minimum Gasteiger partial charge on any atom is -0.376 e. The molecule has 2 saturated heterocycles. The summed E-state index contributed by atoms with van der Waals surface area (Å²) in [6.45, 7) is 1.19. The van der Waals surface area contributed by atoms with Gasteiger partial charge in [-0.15, -0.1) is 0 Å². The number of hydrogen-bond donors (Lipinski definition) is 1. The first-order chi connectivity index (χ1) is 12.1. The van der Waals surface area contributed by atoms with E-state index in [1.165, 1.54) is 12.1 Å². The minimum atomic E-state index is -0.308. The molecule has 134 valence electrons. The lowest BCUT2D eigenvalue weighted by molar-refractivity contribution is -0.129. The monoisotopic (exact) mass is 346 g/mol. The highest BCUT2D eigenvalue weighted by molar-refractivity contribution is 5.89. The van der Waals surface area contributed by atoms with E-state index in [0.29, 0.717) is 19.2 Å². The lowest BCUT2D eigenvalue weighted by Gasteiger charge is -2.26. The minimum absolute atomic E-state index is 0.0816. The summed E-state index contributed by atoms with van der Waals surface area (Å²) in [6.07, 6.45) is 4.09. The molecule has 3 fully saturated rings. The summed E-state index contributed by atoms with van der Waals surface area (Å²) in [5, 5.41) is 3.07. The lowest BCUT2D eigenvalue weighted by atomic mass is 9.97. The molecule has 1 saturated carbocycles. The maximum absolute atomic E-state index is 13.2. The van der Waals surface area contributed by atoms with E-state index in [2.05, 4.69) is 5.32 Å². The Morgan fingerprint density at radius 1 is 1.24 bits per heavy atom. The van der Waals surface area contributed by atoms with E-state index in [1.54, 1.807) is 12.1 Å². The van der Waals surface area contributed by atoms with Gasteiger partial charge in [-0.1, -0.05) is 12.1 Å². The molecule has 0 radical (unpaired) electrons. The second kappa shape index (κ2) is 6.75. The highest BCUT2D eigenvalue weighted by atomic mass is 19.1. The largest absolute Gasteiger partial charge is 0.376 e. The van der Waals surface area contributed by atoms with Gasteiger partial charge in [0, 0.05) is 25.6 Å². The van der Waals surface area contributed by atoms with Gasteiger partial charge in [0.05, 0.1) is 18.1 Å². The van der Waals surface area contributed by atoms with E-state index in [1.807, 2.05) is 4.90 Å². The van der Waals surface area contributed by atoms with Gasteiger partial charge in [-0.05, 0) is 43.4 Å². The van der Waals surface area contributed by atoms with Crippen LogP contribution in [0.15, 0.2) is 24.3 Å². The van der Waals surface area contributed by atoms with E-state index in [-0.39, 0.29) is 42.1 Å². The number of rotatable bonds is 5.